The van der Waals surface area contributed by atoms with Crippen molar-refractivity contribution in [2.24, 2.45) is 0 Å². The number of aromatic nitrogens is 4. The van der Waals surface area contributed by atoms with Gasteiger partial charge in [0.1, 0.15) is 5.69 Å². The Morgan fingerprint density at radius 2 is 1.97 bits per heavy atom. The summed E-state index contributed by atoms with van der Waals surface area (Å²) in [5, 5.41) is 8.18. The average Bonchev–Trinajstić information content (AvgIpc) is 3.61. The van der Waals surface area contributed by atoms with E-state index in [1.807, 2.05) is 27.7 Å². The third-order valence-electron chi connectivity index (χ3n) is 8.07. The highest BCUT2D eigenvalue weighted by molar-refractivity contribution is 6.65. The Morgan fingerprint density at radius 3 is 2.63 bits per heavy atom. The minimum absolute atomic E-state index is 0.00859. The minimum atomic E-state index is -0.757. The van der Waals surface area contributed by atoms with Crippen LogP contribution in [0.3, 0.4) is 0 Å². The first-order valence-corrected chi connectivity index (χ1v) is 12.9. The number of ether oxygens (including phenoxy) is 1. The molecule has 2 aliphatic rings. The molecule has 202 valence electrons. The maximum Gasteiger partial charge on any atom is 0.495 e. The van der Waals surface area contributed by atoms with Crippen molar-refractivity contribution >= 4 is 35.4 Å². The molecule has 3 aromatic rings. The Morgan fingerprint density at radius 1 is 1.24 bits per heavy atom. The largest absolute Gasteiger partial charge is 0.495 e. The van der Waals surface area contributed by atoms with Gasteiger partial charge < -0.3 is 23.9 Å². The molecule has 0 radical (unpaired) electrons. The Bertz CT molecular complexity index is 1340. The summed E-state index contributed by atoms with van der Waals surface area (Å²) in [6.45, 7) is 9.27. The van der Waals surface area contributed by atoms with Gasteiger partial charge in [-0.05, 0) is 57.6 Å². The summed E-state index contributed by atoms with van der Waals surface area (Å²) in [5.41, 5.74) is 0.244. The normalized spacial score (nSPS) is 20.7. The quantitative estimate of drug-likeness (QED) is 0.389. The van der Waals surface area contributed by atoms with Gasteiger partial charge in [-0.25, -0.2) is 9.18 Å². The molecule has 1 N–H and O–H groups in total. The van der Waals surface area contributed by atoms with Gasteiger partial charge in [-0.2, -0.15) is 0 Å². The van der Waals surface area contributed by atoms with Crippen LogP contribution in [-0.2, 0) is 25.4 Å². The number of aryl methyl sites for hydroxylation is 1. The highest BCUT2D eigenvalue weighted by atomic mass is 19.1. The second-order valence-electron chi connectivity index (χ2n) is 11.0. The number of fused-ring (bicyclic) bond motifs is 1. The summed E-state index contributed by atoms with van der Waals surface area (Å²) in [7, 11) is 0.522. The van der Waals surface area contributed by atoms with Crippen molar-refractivity contribution in [3.8, 4) is 0 Å². The maximum atomic E-state index is 16.1. The van der Waals surface area contributed by atoms with Gasteiger partial charge in [0.2, 0.25) is 5.91 Å². The Hall–Kier alpha value is -3.25. The molecule has 0 spiro atoms. The van der Waals surface area contributed by atoms with Gasteiger partial charge in [-0.15, -0.1) is 5.10 Å². The first-order chi connectivity index (χ1) is 18.0. The van der Waals surface area contributed by atoms with Crippen LogP contribution >= 0.6 is 0 Å². The average molecular weight is 525 g/mol. The fourth-order valence-corrected chi connectivity index (χ4v) is 5.17. The van der Waals surface area contributed by atoms with Gasteiger partial charge in [0.15, 0.2) is 5.82 Å². The molecule has 2 aromatic heterocycles. The van der Waals surface area contributed by atoms with Gasteiger partial charge in [0.05, 0.1) is 36.6 Å². The number of likely N-dealkylation sites (tertiary alicyclic amines) is 1. The molecular formula is C26H33BFN5O5. The summed E-state index contributed by atoms with van der Waals surface area (Å²) in [6, 6.07) is 3.36. The van der Waals surface area contributed by atoms with E-state index in [4.69, 9.17) is 14.0 Å². The second-order valence-corrected chi connectivity index (χ2v) is 11.0. The van der Waals surface area contributed by atoms with Crippen LogP contribution in [0.4, 0.5) is 4.39 Å². The van der Waals surface area contributed by atoms with Gasteiger partial charge in [0, 0.05) is 37.0 Å². The van der Waals surface area contributed by atoms with Crippen LogP contribution in [0, 0.1) is 5.82 Å². The van der Waals surface area contributed by atoms with Crippen LogP contribution in [0.1, 0.15) is 68.9 Å². The highest BCUT2D eigenvalue weighted by Crippen LogP contribution is 2.38. The minimum Gasteiger partial charge on any atom is -0.464 e. The number of hydrogen-bond donors (Lipinski definition) is 1. The molecule has 5 rings (SSSR count). The predicted octanol–water partition coefficient (Wildman–Crippen LogP) is 2.78. The second kappa shape index (κ2) is 9.81. The van der Waals surface area contributed by atoms with E-state index in [-0.39, 0.29) is 29.5 Å². The van der Waals surface area contributed by atoms with E-state index < -0.39 is 30.1 Å². The van der Waals surface area contributed by atoms with Crippen molar-refractivity contribution in [2.45, 2.75) is 70.6 Å². The molecule has 0 bridgehead atoms. The van der Waals surface area contributed by atoms with Crippen LogP contribution in [0.5, 0.6) is 0 Å². The zero-order valence-electron chi connectivity index (χ0n) is 22.4. The lowest BCUT2D eigenvalue weighted by Crippen LogP contribution is -2.41. The van der Waals surface area contributed by atoms with E-state index in [1.54, 1.807) is 34.1 Å². The van der Waals surface area contributed by atoms with Gasteiger partial charge >= 0.3 is 13.1 Å². The van der Waals surface area contributed by atoms with Crippen molar-refractivity contribution in [3.05, 3.63) is 41.6 Å². The zero-order chi connectivity index (χ0) is 27.2. The number of benzene rings is 1. The number of carbonyl (C=O) groups excluding carboxylic acids is 2. The molecular weight excluding hydrogens is 492 g/mol. The van der Waals surface area contributed by atoms with E-state index in [0.717, 1.165) is 12.8 Å². The van der Waals surface area contributed by atoms with Crippen LogP contribution in [-0.4, -0.2) is 75.3 Å². The third kappa shape index (κ3) is 4.71. The summed E-state index contributed by atoms with van der Waals surface area (Å²) in [5.74, 6) is -1.28. The van der Waals surface area contributed by atoms with E-state index >= 15 is 4.39 Å². The molecule has 0 saturated carbocycles. The molecule has 12 heteroatoms. The number of esters is 1. The lowest BCUT2D eigenvalue weighted by Gasteiger charge is -2.33. The lowest BCUT2D eigenvalue weighted by atomic mass is 9.74. The summed E-state index contributed by atoms with van der Waals surface area (Å²) >= 11 is 0. The van der Waals surface area contributed by atoms with E-state index in [0.29, 0.717) is 36.0 Å². The molecule has 38 heavy (non-hydrogen) atoms. The Balaban J connectivity index is 1.49. The summed E-state index contributed by atoms with van der Waals surface area (Å²) in [6.07, 6.45) is 5.05. The maximum absolute atomic E-state index is 16.1. The van der Waals surface area contributed by atoms with Crippen molar-refractivity contribution < 1.29 is 28.0 Å². The number of methoxy groups -OCH3 is 1. The molecule has 2 saturated heterocycles. The Labute approximate surface area is 220 Å². The number of nitrogens with zero attached hydrogens (tertiary/aromatic N) is 4. The number of carbonyl (C=O) groups is 2. The number of nitrogens with one attached hydrogen (secondary N) is 1. The molecule has 0 aliphatic carbocycles. The van der Waals surface area contributed by atoms with E-state index in [9.17, 15) is 9.59 Å². The number of halogens is 1. The van der Waals surface area contributed by atoms with Crippen LogP contribution in [0.2, 0.25) is 0 Å². The van der Waals surface area contributed by atoms with Crippen LogP contribution in [0.15, 0.2) is 24.5 Å². The standard InChI is InChI=1S/C26H33BFN5O5/c1-25(2)26(3,4)38-27(37-25)19-13-17(22(28)23-18(19)14-20(30-23)24(35)36-5)16-7-6-10-32(15-16)21(34)8-11-33-12-9-29-31-33/h9,12-14,16,30H,6-8,10-11,15H2,1-5H3/t16-/m0/s1. The van der Waals surface area contributed by atoms with Gasteiger partial charge in [0.25, 0.3) is 0 Å². The molecule has 1 aromatic carbocycles. The number of aromatic amines is 1. The zero-order valence-corrected chi connectivity index (χ0v) is 22.4. The molecule has 1 amide bonds. The Kier molecular flexibility index (Phi) is 6.81. The fourth-order valence-electron chi connectivity index (χ4n) is 5.17. The predicted molar refractivity (Wildman–Crippen MR) is 139 cm³/mol. The van der Waals surface area contributed by atoms with Crippen molar-refractivity contribution in [2.75, 3.05) is 20.2 Å². The topological polar surface area (TPSA) is 112 Å². The SMILES string of the molecule is COC(=O)c1cc2c(B3OC(C)(C)C(C)(C)O3)cc([C@H]3CCCN(C(=O)CCn4ccnn4)C3)c(F)c2[nH]1. The number of hydrogen-bond acceptors (Lipinski definition) is 7. The van der Waals surface area contributed by atoms with Crippen molar-refractivity contribution in [3.63, 3.8) is 0 Å². The number of amides is 1. The number of H-pyrrole nitrogens is 1. The molecule has 1 atom stereocenters. The molecule has 2 fully saturated rings. The summed E-state index contributed by atoms with van der Waals surface area (Å²) in [4.78, 5) is 30.0. The highest BCUT2D eigenvalue weighted by Gasteiger charge is 2.52. The van der Waals surface area contributed by atoms with E-state index in [2.05, 4.69) is 15.3 Å². The van der Waals surface area contributed by atoms with Crippen LogP contribution < -0.4 is 5.46 Å². The van der Waals surface area contributed by atoms with Gasteiger partial charge in [-0.1, -0.05) is 11.3 Å². The summed E-state index contributed by atoms with van der Waals surface area (Å²) < 4.78 is 35.2. The molecule has 4 heterocycles. The number of piperidine rings is 1. The number of rotatable bonds is 6. The van der Waals surface area contributed by atoms with E-state index in [1.165, 1.54) is 7.11 Å². The fraction of sp³-hybridized carbons (Fsp3) is 0.538. The first-order valence-electron chi connectivity index (χ1n) is 12.9. The smallest absolute Gasteiger partial charge is 0.464 e. The van der Waals surface area contributed by atoms with Crippen LogP contribution in [0.25, 0.3) is 10.9 Å². The van der Waals surface area contributed by atoms with Gasteiger partial charge in [-0.3, -0.25) is 9.48 Å². The monoisotopic (exact) mass is 525 g/mol. The van der Waals surface area contributed by atoms with Crippen molar-refractivity contribution in [1.29, 1.82) is 0 Å². The molecule has 2 aliphatic heterocycles. The first kappa shape index (κ1) is 26.4. The molecule has 10 nitrogen and oxygen atoms in total. The third-order valence-corrected chi connectivity index (χ3v) is 8.07. The lowest BCUT2D eigenvalue weighted by molar-refractivity contribution is -0.132. The van der Waals surface area contributed by atoms with Crippen molar-refractivity contribution in [1.82, 2.24) is 24.9 Å². The molecule has 0 unspecified atom stereocenters.